The van der Waals surface area contributed by atoms with Gasteiger partial charge in [-0.2, -0.15) is 0 Å². The van der Waals surface area contributed by atoms with Crippen LogP contribution < -0.4 is 0 Å². The van der Waals surface area contributed by atoms with Gasteiger partial charge in [0.1, 0.15) is 23.0 Å². The van der Waals surface area contributed by atoms with Crippen molar-refractivity contribution in [2.75, 3.05) is 0 Å². The largest absolute Gasteiger partial charge is 0.508 e. The second kappa shape index (κ2) is 7.16. The number of fused-ring (bicyclic) bond motifs is 1. The molecule has 0 aromatic heterocycles. The van der Waals surface area contributed by atoms with Crippen molar-refractivity contribution >= 4 is 10.8 Å². The molecule has 0 unspecified atom stereocenters. The first-order valence-electron chi connectivity index (χ1n) is 9.02. The Hall–Kier alpha value is -3.66. The zero-order chi connectivity index (χ0) is 19.7. The lowest BCUT2D eigenvalue weighted by Gasteiger charge is -2.13. The zero-order valence-electron chi connectivity index (χ0n) is 15.1. The second-order valence-electron chi connectivity index (χ2n) is 6.95. The molecule has 0 spiro atoms. The summed E-state index contributed by atoms with van der Waals surface area (Å²) in [5.74, 6) is 0.743. The maximum Gasteiger partial charge on any atom is 0.119 e. The third-order valence-electron chi connectivity index (χ3n) is 4.95. The predicted octanol–water partition coefficient (Wildman–Crippen LogP) is 4.84. The Kier molecular flexibility index (Phi) is 4.53. The molecule has 4 N–H and O–H groups in total. The summed E-state index contributed by atoms with van der Waals surface area (Å²) >= 11 is 0. The molecule has 4 heteroatoms. The highest BCUT2D eigenvalue weighted by Gasteiger charge is 2.12. The van der Waals surface area contributed by atoms with Gasteiger partial charge in [0, 0.05) is 18.4 Å². The molecule has 4 aromatic carbocycles. The van der Waals surface area contributed by atoms with E-state index in [0.717, 1.165) is 33.0 Å². The van der Waals surface area contributed by atoms with Gasteiger partial charge in [-0.05, 0) is 69.9 Å². The Labute approximate surface area is 162 Å². The zero-order valence-corrected chi connectivity index (χ0v) is 15.1. The monoisotopic (exact) mass is 372 g/mol. The van der Waals surface area contributed by atoms with Crippen molar-refractivity contribution in [2.24, 2.45) is 0 Å². The van der Waals surface area contributed by atoms with Crippen molar-refractivity contribution in [3.05, 3.63) is 95.1 Å². The molecule has 140 valence electrons. The van der Waals surface area contributed by atoms with E-state index >= 15 is 0 Å². The van der Waals surface area contributed by atoms with Crippen LogP contribution in [0.15, 0.2) is 72.8 Å². The summed E-state index contributed by atoms with van der Waals surface area (Å²) in [5.41, 5.74) is 3.44. The van der Waals surface area contributed by atoms with Gasteiger partial charge in [-0.25, -0.2) is 0 Å². The fourth-order valence-corrected chi connectivity index (χ4v) is 3.44. The van der Waals surface area contributed by atoms with Gasteiger partial charge in [0.05, 0.1) is 0 Å². The highest BCUT2D eigenvalue weighted by molar-refractivity contribution is 5.90. The van der Waals surface area contributed by atoms with Crippen LogP contribution in [0.5, 0.6) is 23.0 Å². The molecule has 0 radical (unpaired) electrons. The van der Waals surface area contributed by atoms with Crippen LogP contribution in [0.2, 0.25) is 0 Å². The normalized spacial score (nSPS) is 11.0. The van der Waals surface area contributed by atoms with Crippen LogP contribution in [0.25, 0.3) is 10.8 Å². The highest BCUT2D eigenvalue weighted by Crippen LogP contribution is 2.34. The van der Waals surface area contributed by atoms with Crippen LogP contribution in [0.3, 0.4) is 0 Å². The molecule has 0 aliphatic carbocycles. The molecule has 0 saturated heterocycles. The van der Waals surface area contributed by atoms with Crippen LogP contribution >= 0.6 is 0 Å². The van der Waals surface area contributed by atoms with Crippen molar-refractivity contribution in [3.8, 4) is 23.0 Å². The smallest absolute Gasteiger partial charge is 0.119 e. The Bertz CT molecular complexity index is 1130. The first-order chi connectivity index (χ1) is 13.5. The van der Waals surface area contributed by atoms with E-state index in [-0.39, 0.29) is 23.0 Å². The van der Waals surface area contributed by atoms with E-state index < -0.39 is 0 Å². The summed E-state index contributed by atoms with van der Waals surface area (Å²) in [5, 5.41) is 41.6. The van der Waals surface area contributed by atoms with E-state index in [1.165, 1.54) is 0 Å². The fourth-order valence-electron chi connectivity index (χ4n) is 3.44. The molecule has 0 bridgehead atoms. The molecular formula is C24H20O4. The number of rotatable bonds is 4. The minimum absolute atomic E-state index is 0.165. The molecular weight excluding hydrogens is 352 g/mol. The molecule has 0 fully saturated rings. The lowest BCUT2D eigenvalue weighted by Crippen LogP contribution is -1.94. The van der Waals surface area contributed by atoms with Crippen molar-refractivity contribution in [1.82, 2.24) is 0 Å². The molecule has 0 amide bonds. The van der Waals surface area contributed by atoms with Gasteiger partial charge in [-0.3, -0.25) is 0 Å². The lowest BCUT2D eigenvalue weighted by atomic mass is 9.94. The van der Waals surface area contributed by atoms with Gasteiger partial charge in [0.15, 0.2) is 0 Å². The molecule has 28 heavy (non-hydrogen) atoms. The fraction of sp³-hybridized carbons (Fsp3) is 0.0833. The van der Waals surface area contributed by atoms with E-state index in [2.05, 4.69) is 0 Å². The first kappa shape index (κ1) is 17.7. The van der Waals surface area contributed by atoms with Crippen molar-refractivity contribution < 1.29 is 20.4 Å². The molecule has 0 aliphatic rings. The van der Waals surface area contributed by atoms with E-state index in [9.17, 15) is 20.4 Å². The third-order valence-corrected chi connectivity index (χ3v) is 4.95. The molecule has 0 saturated carbocycles. The van der Waals surface area contributed by atoms with Crippen molar-refractivity contribution in [1.29, 1.82) is 0 Å². The summed E-state index contributed by atoms with van der Waals surface area (Å²) in [4.78, 5) is 0. The molecule has 4 rings (SSSR count). The number of hydrogen-bond acceptors (Lipinski definition) is 4. The first-order valence-corrected chi connectivity index (χ1v) is 9.02. The highest BCUT2D eigenvalue weighted by atomic mass is 16.3. The quantitative estimate of drug-likeness (QED) is 0.413. The third kappa shape index (κ3) is 3.58. The summed E-state index contributed by atoms with van der Waals surface area (Å²) in [6, 6.07) is 20.9. The maximum atomic E-state index is 10.6. The average molecular weight is 372 g/mol. The Morgan fingerprint density at radius 2 is 1.11 bits per heavy atom. The van der Waals surface area contributed by atoms with Gasteiger partial charge >= 0.3 is 0 Å². The number of benzene rings is 4. The maximum absolute atomic E-state index is 10.6. The molecule has 0 atom stereocenters. The van der Waals surface area contributed by atoms with E-state index in [1.54, 1.807) is 36.4 Å². The molecule has 4 aromatic rings. The lowest BCUT2D eigenvalue weighted by molar-refractivity contribution is 0.468. The molecule has 4 nitrogen and oxygen atoms in total. The van der Waals surface area contributed by atoms with Crippen LogP contribution in [0.1, 0.15) is 22.3 Å². The SMILES string of the molecule is Oc1ccc(Cc2cc3ccc(O)c(Cc4ccc(O)cc4)c3cc2O)cc1. The van der Waals surface area contributed by atoms with E-state index in [4.69, 9.17) is 0 Å². The van der Waals surface area contributed by atoms with Gasteiger partial charge < -0.3 is 20.4 Å². The van der Waals surface area contributed by atoms with Gasteiger partial charge in [-0.1, -0.05) is 30.3 Å². The Balaban J connectivity index is 1.73. The number of phenolic OH excluding ortho intramolecular Hbond substituents is 4. The van der Waals surface area contributed by atoms with Crippen LogP contribution in [-0.2, 0) is 12.8 Å². The second-order valence-corrected chi connectivity index (χ2v) is 6.95. The summed E-state index contributed by atoms with van der Waals surface area (Å²) < 4.78 is 0. The van der Waals surface area contributed by atoms with Crippen LogP contribution in [0, 0.1) is 0 Å². The minimum atomic E-state index is 0.165. The summed E-state index contributed by atoms with van der Waals surface area (Å²) in [6.07, 6.45) is 1.02. The number of aromatic hydroxyl groups is 4. The minimum Gasteiger partial charge on any atom is -0.508 e. The number of hydrogen-bond donors (Lipinski definition) is 4. The van der Waals surface area contributed by atoms with Crippen molar-refractivity contribution in [3.63, 3.8) is 0 Å². The number of phenols is 4. The van der Waals surface area contributed by atoms with Gasteiger partial charge in [0.25, 0.3) is 0 Å². The van der Waals surface area contributed by atoms with Crippen LogP contribution in [0.4, 0.5) is 0 Å². The predicted molar refractivity (Wildman–Crippen MR) is 109 cm³/mol. The van der Waals surface area contributed by atoms with Crippen LogP contribution in [-0.4, -0.2) is 20.4 Å². The van der Waals surface area contributed by atoms with E-state index in [0.29, 0.717) is 12.8 Å². The summed E-state index contributed by atoms with van der Waals surface area (Å²) in [6.45, 7) is 0. The van der Waals surface area contributed by atoms with Gasteiger partial charge in [0.2, 0.25) is 0 Å². The molecule has 0 aliphatic heterocycles. The molecule has 0 heterocycles. The van der Waals surface area contributed by atoms with E-state index in [1.807, 2.05) is 36.4 Å². The standard InChI is InChI=1S/C24H20O4/c25-19-6-1-15(2-7-19)11-18-13-17-5-10-23(27)22(21(17)14-24(18)28)12-16-3-8-20(26)9-4-16/h1-10,13-14,25-28H,11-12H2. The Morgan fingerprint density at radius 3 is 1.71 bits per heavy atom. The average Bonchev–Trinajstić information content (AvgIpc) is 2.68. The summed E-state index contributed by atoms with van der Waals surface area (Å²) in [7, 11) is 0. The topological polar surface area (TPSA) is 80.9 Å². The Morgan fingerprint density at radius 1 is 0.536 bits per heavy atom. The van der Waals surface area contributed by atoms with Gasteiger partial charge in [-0.15, -0.1) is 0 Å². The van der Waals surface area contributed by atoms with Crippen molar-refractivity contribution in [2.45, 2.75) is 12.8 Å².